The van der Waals surface area contributed by atoms with Crippen molar-refractivity contribution >= 4 is 11.4 Å². The number of H-pyrrole nitrogens is 1. The van der Waals surface area contributed by atoms with Gasteiger partial charge in [-0.25, -0.2) is 4.98 Å². The van der Waals surface area contributed by atoms with E-state index in [0.29, 0.717) is 5.82 Å². The molecule has 2 aromatic rings. The van der Waals surface area contributed by atoms with Crippen LogP contribution in [-0.2, 0) is 16.8 Å². The van der Waals surface area contributed by atoms with Crippen molar-refractivity contribution in [3.05, 3.63) is 70.8 Å². The summed E-state index contributed by atoms with van der Waals surface area (Å²) in [5.74, 6) is 0.0905. The highest BCUT2D eigenvalue weighted by atomic mass is 16.5. The SMILES string of the molecule is Cc1cnc(C(=O)Cc2ccc(C3(O)[C@@H](C)[C@@]4(C)C=C[C@](C)(O4)[C@H]3C)cc2C2=CCC(C)(C)CC2)[nH]1. The van der Waals surface area contributed by atoms with Gasteiger partial charge in [0.25, 0.3) is 0 Å². The number of aromatic nitrogens is 2. The van der Waals surface area contributed by atoms with Gasteiger partial charge in [0.15, 0.2) is 5.82 Å². The number of ether oxygens (including phenoxy) is 1. The van der Waals surface area contributed by atoms with Crippen molar-refractivity contribution in [2.45, 2.75) is 91.0 Å². The zero-order chi connectivity index (χ0) is 26.1. The number of allylic oxidation sites excluding steroid dienone is 2. The van der Waals surface area contributed by atoms with Crippen LogP contribution in [0, 0.1) is 24.2 Å². The number of benzene rings is 1. The maximum Gasteiger partial charge on any atom is 0.202 e. The van der Waals surface area contributed by atoms with Crippen LogP contribution >= 0.6 is 0 Å². The summed E-state index contributed by atoms with van der Waals surface area (Å²) in [6, 6.07) is 6.23. The largest absolute Gasteiger partial charge is 0.384 e. The molecule has 1 fully saturated rings. The van der Waals surface area contributed by atoms with Gasteiger partial charge in [-0.3, -0.25) is 4.79 Å². The molecule has 1 aromatic heterocycles. The average Bonchev–Trinajstić information content (AvgIpc) is 3.40. The minimum atomic E-state index is -1.07. The van der Waals surface area contributed by atoms with Gasteiger partial charge in [0.1, 0.15) is 5.60 Å². The molecule has 1 aliphatic carbocycles. The van der Waals surface area contributed by atoms with E-state index < -0.39 is 16.8 Å². The van der Waals surface area contributed by atoms with Crippen LogP contribution in [0.25, 0.3) is 5.57 Å². The van der Waals surface area contributed by atoms with Crippen LogP contribution in [0.5, 0.6) is 0 Å². The Morgan fingerprint density at radius 3 is 2.36 bits per heavy atom. The van der Waals surface area contributed by atoms with E-state index in [2.05, 4.69) is 75.8 Å². The fourth-order valence-corrected chi connectivity index (χ4v) is 6.50. The monoisotopic (exact) mass is 488 g/mol. The Kier molecular flexibility index (Phi) is 5.77. The predicted molar refractivity (Wildman–Crippen MR) is 143 cm³/mol. The van der Waals surface area contributed by atoms with Crippen LogP contribution in [-0.4, -0.2) is 32.1 Å². The van der Waals surface area contributed by atoms with Crippen LogP contribution < -0.4 is 0 Å². The molecule has 0 amide bonds. The molecular formula is C31H40N2O3. The molecule has 5 atom stereocenters. The molecule has 1 aromatic carbocycles. The number of fused-ring (bicyclic) bond motifs is 2. The number of carbonyl (C=O) groups excluding carboxylic acids is 1. The molecule has 5 heteroatoms. The first kappa shape index (κ1) is 25.2. The number of nitrogens with one attached hydrogen (secondary N) is 1. The maximum atomic E-state index is 13.1. The molecule has 3 heterocycles. The van der Waals surface area contributed by atoms with Gasteiger partial charge in [-0.1, -0.05) is 58.1 Å². The third-order valence-corrected chi connectivity index (χ3v) is 9.43. The van der Waals surface area contributed by atoms with Gasteiger partial charge in [-0.2, -0.15) is 0 Å². The van der Waals surface area contributed by atoms with Crippen LogP contribution in [0.1, 0.15) is 93.8 Å². The summed E-state index contributed by atoms with van der Waals surface area (Å²) in [6.45, 7) is 14.8. The zero-order valence-electron chi connectivity index (χ0n) is 22.7. The van der Waals surface area contributed by atoms with E-state index in [-0.39, 0.29) is 29.5 Å². The fourth-order valence-electron chi connectivity index (χ4n) is 6.50. The predicted octanol–water partition coefficient (Wildman–Crippen LogP) is 6.31. The summed E-state index contributed by atoms with van der Waals surface area (Å²) in [5.41, 5.74) is 3.25. The minimum Gasteiger partial charge on any atom is -0.384 e. The minimum absolute atomic E-state index is 0.0254. The van der Waals surface area contributed by atoms with Gasteiger partial charge in [0.2, 0.25) is 5.78 Å². The Labute approximate surface area is 215 Å². The van der Waals surface area contributed by atoms with Gasteiger partial charge in [0, 0.05) is 30.1 Å². The molecule has 36 heavy (non-hydrogen) atoms. The molecule has 0 spiro atoms. The molecule has 1 saturated heterocycles. The number of ketones is 1. The molecule has 0 saturated carbocycles. The average molecular weight is 489 g/mol. The molecule has 1 unspecified atom stereocenters. The van der Waals surface area contributed by atoms with Crippen molar-refractivity contribution in [3.63, 3.8) is 0 Å². The highest BCUT2D eigenvalue weighted by Gasteiger charge is 2.63. The number of nitrogens with zero attached hydrogens (tertiary/aromatic N) is 1. The summed E-state index contributed by atoms with van der Waals surface area (Å²) >= 11 is 0. The number of aromatic amines is 1. The lowest BCUT2D eigenvalue weighted by molar-refractivity contribution is -0.257. The fraction of sp³-hybridized carbons (Fsp3) is 0.548. The highest BCUT2D eigenvalue weighted by Crippen LogP contribution is 2.58. The molecule has 5 nitrogen and oxygen atoms in total. The van der Waals surface area contributed by atoms with Crippen molar-refractivity contribution in [2.24, 2.45) is 17.3 Å². The quantitative estimate of drug-likeness (QED) is 0.382. The summed E-state index contributed by atoms with van der Waals surface area (Å²) in [5, 5.41) is 12.4. The van der Waals surface area contributed by atoms with E-state index in [1.165, 1.54) is 5.57 Å². The number of aliphatic hydroxyl groups is 1. The number of imidazole rings is 1. The summed E-state index contributed by atoms with van der Waals surface area (Å²) in [6.07, 6.45) is 11.6. The third kappa shape index (κ3) is 3.92. The number of hydrogen-bond donors (Lipinski definition) is 2. The lowest BCUT2D eigenvalue weighted by atomic mass is 9.62. The second kappa shape index (κ2) is 8.26. The number of hydrogen-bond acceptors (Lipinski definition) is 4. The summed E-state index contributed by atoms with van der Waals surface area (Å²) in [7, 11) is 0. The summed E-state index contributed by atoms with van der Waals surface area (Å²) in [4.78, 5) is 20.4. The Morgan fingerprint density at radius 2 is 1.81 bits per heavy atom. The molecule has 2 aliphatic heterocycles. The molecular weight excluding hydrogens is 448 g/mol. The maximum absolute atomic E-state index is 13.1. The molecule has 3 aliphatic rings. The number of aryl methyl sites for hydroxylation is 1. The first-order chi connectivity index (χ1) is 16.8. The lowest BCUT2D eigenvalue weighted by Crippen LogP contribution is -2.61. The topological polar surface area (TPSA) is 75.2 Å². The Balaban J connectivity index is 1.59. The van der Waals surface area contributed by atoms with E-state index in [0.717, 1.165) is 41.6 Å². The number of carbonyl (C=O) groups is 1. The normalized spacial score (nSPS) is 35.1. The van der Waals surface area contributed by atoms with E-state index >= 15 is 0 Å². The van der Waals surface area contributed by atoms with Crippen molar-refractivity contribution in [1.82, 2.24) is 9.97 Å². The van der Waals surface area contributed by atoms with Gasteiger partial charge in [-0.05, 0) is 73.8 Å². The molecule has 192 valence electrons. The zero-order valence-corrected chi connectivity index (χ0v) is 22.7. The first-order valence-corrected chi connectivity index (χ1v) is 13.3. The molecule has 0 radical (unpaired) electrons. The standard InChI is InChI=1S/C31H40N2O3/c1-19-18-32-27(33-19)26(34)16-23-8-9-24(17-25(23)22-10-12-28(4,5)13-11-22)31(35)20(2)29(6)14-15-30(7,36-29)21(31)3/h8-10,14-15,17-18,20-21,35H,11-13,16H2,1-7H3,(H,32,33)/t20-,21+,29+,30-,31?. The van der Waals surface area contributed by atoms with Gasteiger partial charge >= 0.3 is 0 Å². The van der Waals surface area contributed by atoms with E-state index in [9.17, 15) is 9.90 Å². The van der Waals surface area contributed by atoms with Crippen LogP contribution in [0.15, 0.2) is 42.6 Å². The van der Waals surface area contributed by atoms with Gasteiger partial charge in [-0.15, -0.1) is 0 Å². The molecule has 2 N–H and O–H groups in total. The second-order valence-corrected chi connectivity index (χ2v) is 12.6. The van der Waals surface area contributed by atoms with Crippen molar-refractivity contribution in [1.29, 1.82) is 0 Å². The molecule has 2 bridgehead atoms. The number of Topliss-reactive ketones (excluding diaryl/α,β-unsaturated/α-hetero) is 1. The van der Waals surface area contributed by atoms with Crippen molar-refractivity contribution < 1.29 is 14.6 Å². The van der Waals surface area contributed by atoms with Gasteiger partial charge in [0.05, 0.1) is 11.2 Å². The summed E-state index contributed by atoms with van der Waals surface area (Å²) < 4.78 is 6.47. The second-order valence-electron chi connectivity index (χ2n) is 12.6. The Hall–Kier alpha value is -2.50. The Bertz CT molecular complexity index is 1240. The van der Waals surface area contributed by atoms with Crippen molar-refractivity contribution in [3.8, 4) is 0 Å². The van der Waals surface area contributed by atoms with Crippen molar-refractivity contribution in [2.75, 3.05) is 0 Å². The van der Waals surface area contributed by atoms with E-state index in [1.807, 2.05) is 19.1 Å². The first-order valence-electron chi connectivity index (χ1n) is 13.3. The third-order valence-electron chi connectivity index (χ3n) is 9.43. The highest BCUT2D eigenvalue weighted by molar-refractivity contribution is 5.95. The smallest absolute Gasteiger partial charge is 0.202 e. The Morgan fingerprint density at radius 1 is 1.14 bits per heavy atom. The van der Waals surface area contributed by atoms with Crippen LogP contribution in [0.3, 0.4) is 0 Å². The lowest BCUT2D eigenvalue weighted by Gasteiger charge is -2.55. The van der Waals surface area contributed by atoms with Crippen LogP contribution in [0.2, 0.25) is 0 Å². The van der Waals surface area contributed by atoms with Crippen LogP contribution in [0.4, 0.5) is 0 Å². The number of rotatable bonds is 5. The van der Waals surface area contributed by atoms with Gasteiger partial charge < -0.3 is 14.8 Å². The molecule has 5 rings (SSSR count). The van der Waals surface area contributed by atoms with E-state index in [1.54, 1.807) is 6.20 Å². The van der Waals surface area contributed by atoms with E-state index in [4.69, 9.17) is 4.74 Å².